The second-order valence-corrected chi connectivity index (χ2v) is 19.7. The third kappa shape index (κ3) is 4.77. The lowest BCUT2D eigenvalue weighted by molar-refractivity contribution is 1.07. The molecule has 0 unspecified atom stereocenters. The molecule has 176 valence electrons. The molecule has 0 spiro atoms. The van der Waals surface area contributed by atoms with Gasteiger partial charge in [-0.05, 0) is 68.1 Å². The summed E-state index contributed by atoms with van der Waals surface area (Å²) in [6, 6.07) is 25.5. The van der Waals surface area contributed by atoms with Gasteiger partial charge >= 0.3 is 0 Å². The minimum atomic E-state index is -1.53. The first-order chi connectivity index (χ1) is 15.3. The molecular formula is C28H46N2Si2. The molecule has 0 aromatic heterocycles. The van der Waals surface area contributed by atoms with Crippen LogP contribution in [0.4, 0.5) is 11.4 Å². The van der Waals surface area contributed by atoms with Crippen molar-refractivity contribution >= 4 is 33.4 Å². The Bertz CT molecular complexity index is 796. The van der Waals surface area contributed by atoms with Crippen LogP contribution in [0.15, 0.2) is 55.1 Å². The molecule has 2 rings (SSSR count). The van der Waals surface area contributed by atoms with Gasteiger partial charge in [-0.1, -0.05) is 84.5 Å². The first-order valence-electron chi connectivity index (χ1n) is 12.7. The highest BCUT2D eigenvalue weighted by atomic mass is 28.3. The second kappa shape index (κ2) is 11.4. The van der Waals surface area contributed by atoms with E-state index < -0.39 is 16.5 Å². The summed E-state index contributed by atoms with van der Waals surface area (Å²) in [5, 5.41) is 0. The van der Waals surface area contributed by atoms with Gasteiger partial charge in [0.05, 0.1) is 0 Å². The molecule has 0 saturated heterocycles. The lowest BCUT2D eigenvalue weighted by Gasteiger charge is -2.42. The molecule has 0 heterocycles. The third-order valence-corrected chi connectivity index (χ3v) is 19.8. The van der Waals surface area contributed by atoms with Gasteiger partial charge in [0.15, 0.2) is 16.5 Å². The number of hydrogen-bond donors (Lipinski definition) is 0. The summed E-state index contributed by atoms with van der Waals surface area (Å²) in [4.78, 5) is 0. The monoisotopic (exact) mass is 466 g/mol. The normalized spacial score (nSPS) is 12.0. The van der Waals surface area contributed by atoms with Crippen molar-refractivity contribution in [3.8, 4) is 0 Å². The lowest BCUT2D eigenvalue weighted by Crippen LogP contribution is -2.50. The third-order valence-electron chi connectivity index (χ3n) is 8.55. The Balaban J connectivity index is 2.60. The molecular weight excluding hydrogens is 420 g/mol. The van der Waals surface area contributed by atoms with Gasteiger partial charge in [-0.2, -0.15) is 0 Å². The summed E-state index contributed by atoms with van der Waals surface area (Å²) >= 11 is 0. The van der Waals surface area contributed by atoms with Crippen LogP contribution in [0.1, 0.15) is 52.7 Å². The molecule has 0 aliphatic rings. The fourth-order valence-corrected chi connectivity index (χ4v) is 12.9. The highest BCUT2D eigenvalue weighted by molar-refractivity contribution is 6.83. The number of hydrogen-bond acceptors (Lipinski definition) is 2. The molecule has 0 saturated carbocycles. The van der Waals surface area contributed by atoms with Crippen molar-refractivity contribution in [3.05, 3.63) is 66.2 Å². The van der Waals surface area contributed by atoms with Crippen molar-refractivity contribution in [3.63, 3.8) is 0 Å². The standard InChI is InChI=1S/C28H46N2Si2/c1-10-31(11-2,12-3)29(8)27-22-18-16-20-25(27)24(7)26-21-17-19-23-28(26)30(9)32(13-4,14-5)15-6/h16-23H,7,10-15H2,1-6,8-9H3. The highest BCUT2D eigenvalue weighted by Crippen LogP contribution is 2.40. The average molecular weight is 467 g/mol. The SMILES string of the molecule is C=C(c1ccccc1N(C)[Si](CC)(CC)CC)c1ccccc1N(C)[Si](CC)(CC)CC. The largest absolute Gasteiger partial charge is 0.399 e. The Labute approximate surface area is 200 Å². The Morgan fingerprint density at radius 2 is 0.875 bits per heavy atom. The van der Waals surface area contributed by atoms with Crippen LogP contribution < -0.4 is 9.13 Å². The molecule has 0 bridgehead atoms. The molecule has 0 N–H and O–H groups in total. The molecule has 0 radical (unpaired) electrons. The van der Waals surface area contributed by atoms with Crippen LogP contribution in [-0.4, -0.2) is 30.6 Å². The summed E-state index contributed by atoms with van der Waals surface area (Å²) in [5.41, 5.74) is 6.39. The molecule has 0 fully saturated rings. The van der Waals surface area contributed by atoms with Gasteiger partial charge in [0, 0.05) is 22.5 Å². The van der Waals surface area contributed by atoms with Crippen molar-refractivity contribution in [2.75, 3.05) is 23.2 Å². The summed E-state index contributed by atoms with van der Waals surface area (Å²) in [6.07, 6.45) is 0. The lowest BCUT2D eigenvalue weighted by atomic mass is 9.96. The van der Waals surface area contributed by atoms with Gasteiger partial charge in [-0.25, -0.2) is 0 Å². The summed E-state index contributed by atoms with van der Waals surface area (Å²) in [7, 11) is 1.59. The predicted molar refractivity (Wildman–Crippen MR) is 152 cm³/mol. The minimum absolute atomic E-state index is 1.15. The summed E-state index contributed by atoms with van der Waals surface area (Å²) in [5.74, 6) is 0. The highest BCUT2D eigenvalue weighted by Gasteiger charge is 2.35. The van der Waals surface area contributed by atoms with Crippen LogP contribution in [-0.2, 0) is 0 Å². The van der Waals surface area contributed by atoms with Crippen LogP contribution in [0.25, 0.3) is 5.57 Å². The van der Waals surface area contributed by atoms with E-state index in [0.717, 1.165) is 5.57 Å². The van der Waals surface area contributed by atoms with E-state index in [4.69, 9.17) is 0 Å². The van der Waals surface area contributed by atoms with Crippen molar-refractivity contribution in [1.82, 2.24) is 0 Å². The maximum atomic E-state index is 4.68. The summed E-state index contributed by atoms with van der Waals surface area (Å²) < 4.78 is 5.31. The van der Waals surface area contributed by atoms with E-state index >= 15 is 0 Å². The molecule has 2 nitrogen and oxygen atoms in total. The number of para-hydroxylation sites is 2. The second-order valence-electron chi connectivity index (χ2n) is 9.20. The summed E-state index contributed by atoms with van der Waals surface area (Å²) in [6.45, 7) is 18.9. The predicted octanol–water partition coefficient (Wildman–Crippen LogP) is 8.63. The van der Waals surface area contributed by atoms with Crippen LogP contribution in [0.5, 0.6) is 0 Å². The van der Waals surface area contributed by atoms with Gasteiger partial charge in [-0.3, -0.25) is 0 Å². The molecule has 0 atom stereocenters. The number of anilines is 2. The van der Waals surface area contributed by atoms with Crippen LogP contribution in [0.3, 0.4) is 0 Å². The minimum Gasteiger partial charge on any atom is -0.399 e. The van der Waals surface area contributed by atoms with E-state index in [1.807, 2.05) is 0 Å². The van der Waals surface area contributed by atoms with Gasteiger partial charge < -0.3 is 9.13 Å². The number of nitrogens with zero attached hydrogens (tertiary/aromatic N) is 2. The van der Waals surface area contributed by atoms with Crippen LogP contribution >= 0.6 is 0 Å². The smallest absolute Gasteiger partial charge is 0.155 e. The fraction of sp³-hybridized carbons (Fsp3) is 0.500. The average Bonchev–Trinajstić information content (AvgIpc) is 2.86. The molecule has 2 aromatic carbocycles. The fourth-order valence-electron chi connectivity index (χ4n) is 5.62. The number of rotatable bonds is 12. The van der Waals surface area contributed by atoms with Crippen molar-refractivity contribution in [1.29, 1.82) is 0 Å². The van der Waals surface area contributed by atoms with Gasteiger partial charge in [0.2, 0.25) is 0 Å². The Morgan fingerprint density at radius 1 is 0.594 bits per heavy atom. The molecule has 2 aromatic rings. The Morgan fingerprint density at radius 3 is 1.16 bits per heavy atom. The molecule has 4 heteroatoms. The van der Waals surface area contributed by atoms with E-state index in [-0.39, 0.29) is 0 Å². The quantitative estimate of drug-likeness (QED) is 0.289. The van der Waals surface area contributed by atoms with Gasteiger partial charge in [-0.15, -0.1) is 0 Å². The van der Waals surface area contributed by atoms with E-state index in [2.05, 4.69) is 120 Å². The van der Waals surface area contributed by atoms with Gasteiger partial charge in [0.1, 0.15) is 0 Å². The first-order valence-corrected chi connectivity index (χ1v) is 17.8. The molecule has 32 heavy (non-hydrogen) atoms. The molecule has 0 aliphatic carbocycles. The molecule has 0 aliphatic heterocycles. The van der Waals surface area contributed by atoms with Crippen molar-refractivity contribution in [2.24, 2.45) is 0 Å². The molecule has 0 amide bonds. The maximum Gasteiger partial charge on any atom is 0.155 e. The van der Waals surface area contributed by atoms with Crippen molar-refractivity contribution in [2.45, 2.75) is 77.8 Å². The van der Waals surface area contributed by atoms with Crippen LogP contribution in [0.2, 0.25) is 36.3 Å². The number of benzene rings is 2. The van der Waals surface area contributed by atoms with E-state index in [0.29, 0.717) is 0 Å². The zero-order valence-electron chi connectivity index (χ0n) is 22.0. The zero-order valence-corrected chi connectivity index (χ0v) is 24.0. The Kier molecular flexibility index (Phi) is 9.41. The maximum absolute atomic E-state index is 4.68. The Hall–Kier alpha value is -1.79. The van der Waals surface area contributed by atoms with Crippen LogP contribution in [0, 0.1) is 0 Å². The topological polar surface area (TPSA) is 6.48 Å². The van der Waals surface area contributed by atoms with E-state index in [1.54, 1.807) is 0 Å². The van der Waals surface area contributed by atoms with E-state index in [1.165, 1.54) is 58.8 Å². The van der Waals surface area contributed by atoms with Gasteiger partial charge in [0.25, 0.3) is 0 Å². The zero-order chi connectivity index (χ0) is 23.9. The van der Waals surface area contributed by atoms with Crippen molar-refractivity contribution < 1.29 is 0 Å². The van der Waals surface area contributed by atoms with E-state index in [9.17, 15) is 0 Å². The first kappa shape index (κ1) is 26.5.